The van der Waals surface area contributed by atoms with Gasteiger partial charge in [-0.3, -0.25) is 0 Å². The Morgan fingerprint density at radius 1 is 1.41 bits per heavy atom. The topological polar surface area (TPSA) is 74.8 Å². The fraction of sp³-hybridized carbons (Fsp3) is 0.364. The second kappa shape index (κ2) is 4.85. The van der Waals surface area contributed by atoms with Crippen molar-refractivity contribution in [2.45, 2.75) is 13.3 Å². The number of hydrogen-bond donors (Lipinski definition) is 2. The zero-order valence-electron chi connectivity index (χ0n) is 9.60. The van der Waals surface area contributed by atoms with Crippen molar-refractivity contribution < 1.29 is 8.42 Å². The highest BCUT2D eigenvalue weighted by Crippen LogP contribution is 2.11. The first-order valence-corrected chi connectivity index (χ1v) is 7.15. The van der Waals surface area contributed by atoms with Crippen molar-refractivity contribution in [3.05, 3.63) is 30.1 Å². The summed E-state index contributed by atoms with van der Waals surface area (Å²) in [5.41, 5.74) is 2.98. The number of benzene rings is 1. The van der Waals surface area contributed by atoms with Gasteiger partial charge in [0.25, 0.3) is 0 Å². The number of H-pyrrole nitrogens is 1. The van der Waals surface area contributed by atoms with Crippen LogP contribution >= 0.6 is 0 Å². The summed E-state index contributed by atoms with van der Waals surface area (Å²) in [6.07, 6.45) is 2.32. The monoisotopic (exact) mass is 253 g/mol. The van der Waals surface area contributed by atoms with Gasteiger partial charge in [-0.1, -0.05) is 6.07 Å². The normalized spacial score (nSPS) is 12.1. The Bertz CT molecular complexity index is 604. The number of imidazole rings is 1. The van der Waals surface area contributed by atoms with Crippen LogP contribution in [0.4, 0.5) is 0 Å². The Morgan fingerprint density at radius 2 is 2.24 bits per heavy atom. The number of nitrogens with zero attached hydrogens (tertiary/aromatic N) is 1. The van der Waals surface area contributed by atoms with Crippen molar-refractivity contribution in [3.8, 4) is 0 Å². The van der Waals surface area contributed by atoms with Crippen LogP contribution in [-0.2, 0) is 16.4 Å². The largest absolute Gasteiger partial charge is 0.345 e. The van der Waals surface area contributed by atoms with Crippen LogP contribution < -0.4 is 4.72 Å². The number of aromatic amines is 1. The van der Waals surface area contributed by atoms with E-state index in [4.69, 9.17) is 0 Å². The van der Waals surface area contributed by atoms with E-state index in [-0.39, 0.29) is 5.75 Å². The highest BCUT2D eigenvalue weighted by Gasteiger charge is 2.05. The fourth-order valence-electron chi connectivity index (χ4n) is 1.59. The molecule has 0 unspecified atom stereocenters. The summed E-state index contributed by atoms with van der Waals surface area (Å²) in [7, 11) is -3.09. The van der Waals surface area contributed by atoms with E-state index in [0.29, 0.717) is 13.0 Å². The van der Waals surface area contributed by atoms with Crippen molar-refractivity contribution >= 4 is 21.1 Å². The third-order valence-electron chi connectivity index (χ3n) is 2.60. The van der Waals surface area contributed by atoms with Crippen LogP contribution in [0.1, 0.15) is 12.5 Å². The van der Waals surface area contributed by atoms with Crippen LogP contribution in [-0.4, -0.2) is 30.7 Å². The molecule has 0 atom stereocenters. The lowest BCUT2D eigenvalue weighted by atomic mass is 10.1. The predicted molar refractivity (Wildman–Crippen MR) is 67.3 cm³/mol. The molecule has 0 radical (unpaired) electrons. The number of rotatable bonds is 5. The molecule has 6 heteroatoms. The summed E-state index contributed by atoms with van der Waals surface area (Å²) in [5.74, 6) is 0.118. The highest BCUT2D eigenvalue weighted by atomic mass is 32.2. The molecule has 0 aliphatic carbocycles. The molecule has 0 aliphatic heterocycles. The van der Waals surface area contributed by atoms with Gasteiger partial charge in [0.15, 0.2) is 0 Å². The second-order valence-corrected chi connectivity index (χ2v) is 5.90. The Balaban J connectivity index is 1.99. The van der Waals surface area contributed by atoms with E-state index in [1.165, 1.54) is 0 Å². The maximum absolute atomic E-state index is 11.2. The van der Waals surface area contributed by atoms with Crippen molar-refractivity contribution in [3.63, 3.8) is 0 Å². The average Bonchev–Trinajstić information content (AvgIpc) is 2.76. The third-order valence-corrected chi connectivity index (χ3v) is 4.00. The van der Waals surface area contributed by atoms with Crippen LogP contribution in [0.2, 0.25) is 0 Å². The van der Waals surface area contributed by atoms with Crippen LogP contribution in [0.3, 0.4) is 0 Å². The van der Waals surface area contributed by atoms with Gasteiger partial charge in [-0.2, -0.15) is 0 Å². The molecule has 0 amide bonds. The van der Waals surface area contributed by atoms with E-state index in [1.54, 1.807) is 13.3 Å². The molecule has 92 valence electrons. The molecule has 17 heavy (non-hydrogen) atoms. The minimum Gasteiger partial charge on any atom is -0.345 e. The molecule has 2 rings (SSSR count). The van der Waals surface area contributed by atoms with Gasteiger partial charge in [0.1, 0.15) is 0 Å². The number of fused-ring (bicyclic) bond motifs is 1. The molecule has 0 saturated carbocycles. The zero-order chi connectivity index (χ0) is 12.3. The zero-order valence-corrected chi connectivity index (χ0v) is 10.4. The maximum Gasteiger partial charge on any atom is 0.211 e. The number of hydrogen-bond acceptors (Lipinski definition) is 3. The Hall–Kier alpha value is -1.40. The first-order valence-electron chi connectivity index (χ1n) is 5.50. The lowest BCUT2D eigenvalue weighted by molar-refractivity contribution is 0.583. The minimum absolute atomic E-state index is 0.118. The average molecular weight is 253 g/mol. The SMILES string of the molecule is CCS(=O)(=O)NCCc1ccc2nc[nH]c2c1. The smallest absolute Gasteiger partial charge is 0.211 e. The van der Waals surface area contributed by atoms with Gasteiger partial charge in [0.2, 0.25) is 10.0 Å². The van der Waals surface area contributed by atoms with E-state index in [0.717, 1.165) is 16.6 Å². The van der Waals surface area contributed by atoms with E-state index in [1.807, 2.05) is 18.2 Å². The number of nitrogens with one attached hydrogen (secondary N) is 2. The Labute approximate surface area is 100 Å². The van der Waals surface area contributed by atoms with Gasteiger partial charge in [0.05, 0.1) is 23.1 Å². The van der Waals surface area contributed by atoms with E-state index in [2.05, 4.69) is 14.7 Å². The third kappa shape index (κ3) is 3.04. The van der Waals surface area contributed by atoms with Crippen molar-refractivity contribution in [1.29, 1.82) is 0 Å². The number of aromatic nitrogens is 2. The molecule has 0 bridgehead atoms. The summed E-state index contributed by atoms with van der Waals surface area (Å²) in [6, 6.07) is 5.88. The predicted octanol–water partition coefficient (Wildman–Crippen LogP) is 1.04. The molecule has 2 aromatic rings. The highest BCUT2D eigenvalue weighted by molar-refractivity contribution is 7.89. The van der Waals surface area contributed by atoms with E-state index in [9.17, 15) is 8.42 Å². The number of sulfonamides is 1. The lowest BCUT2D eigenvalue weighted by Crippen LogP contribution is -2.27. The summed E-state index contributed by atoms with van der Waals surface area (Å²) >= 11 is 0. The molecular weight excluding hydrogens is 238 g/mol. The van der Waals surface area contributed by atoms with Crippen LogP contribution in [0.15, 0.2) is 24.5 Å². The van der Waals surface area contributed by atoms with Crippen LogP contribution in [0.25, 0.3) is 11.0 Å². The van der Waals surface area contributed by atoms with E-state index >= 15 is 0 Å². The molecule has 0 saturated heterocycles. The molecule has 5 nitrogen and oxygen atoms in total. The molecule has 0 spiro atoms. The molecule has 1 aromatic carbocycles. The molecule has 1 aromatic heterocycles. The van der Waals surface area contributed by atoms with Gasteiger partial charge in [-0.05, 0) is 31.0 Å². The van der Waals surface area contributed by atoms with Crippen molar-refractivity contribution in [2.75, 3.05) is 12.3 Å². The summed E-state index contributed by atoms with van der Waals surface area (Å²) in [4.78, 5) is 7.15. The summed E-state index contributed by atoms with van der Waals surface area (Å²) < 4.78 is 25.0. The van der Waals surface area contributed by atoms with Gasteiger partial charge in [-0.15, -0.1) is 0 Å². The fourth-order valence-corrected chi connectivity index (χ4v) is 2.21. The molecule has 0 aliphatic rings. The van der Waals surface area contributed by atoms with Gasteiger partial charge in [-0.25, -0.2) is 18.1 Å². The van der Waals surface area contributed by atoms with Crippen molar-refractivity contribution in [2.24, 2.45) is 0 Å². The Morgan fingerprint density at radius 3 is 3.00 bits per heavy atom. The van der Waals surface area contributed by atoms with Crippen LogP contribution in [0, 0.1) is 0 Å². The minimum atomic E-state index is -3.09. The maximum atomic E-state index is 11.2. The Kier molecular flexibility index (Phi) is 3.44. The quantitative estimate of drug-likeness (QED) is 0.836. The standard InChI is InChI=1S/C11H15N3O2S/c1-2-17(15,16)14-6-5-9-3-4-10-11(7-9)13-8-12-10/h3-4,7-8,14H,2,5-6H2,1H3,(H,12,13). The van der Waals surface area contributed by atoms with E-state index < -0.39 is 10.0 Å². The first kappa shape index (κ1) is 12.1. The molecule has 2 N–H and O–H groups in total. The summed E-state index contributed by atoms with van der Waals surface area (Å²) in [6.45, 7) is 2.05. The first-order chi connectivity index (χ1) is 8.11. The van der Waals surface area contributed by atoms with Gasteiger partial charge >= 0.3 is 0 Å². The van der Waals surface area contributed by atoms with Crippen molar-refractivity contribution in [1.82, 2.24) is 14.7 Å². The lowest BCUT2D eigenvalue weighted by Gasteiger charge is -2.04. The van der Waals surface area contributed by atoms with Gasteiger partial charge in [0, 0.05) is 6.54 Å². The second-order valence-electron chi connectivity index (χ2n) is 3.80. The van der Waals surface area contributed by atoms with Gasteiger partial charge < -0.3 is 4.98 Å². The molecule has 0 fully saturated rings. The molecular formula is C11H15N3O2S. The molecule has 1 heterocycles. The summed E-state index contributed by atoms with van der Waals surface area (Å²) in [5, 5.41) is 0. The van der Waals surface area contributed by atoms with Crippen LogP contribution in [0.5, 0.6) is 0 Å².